The molecule has 3 heteroatoms. The van der Waals surface area contributed by atoms with Crippen molar-refractivity contribution in [2.24, 2.45) is 0 Å². The highest BCUT2D eigenvalue weighted by Gasteiger charge is 2.06. The van der Waals surface area contributed by atoms with E-state index in [0.29, 0.717) is 18.2 Å². The Hall–Kier alpha value is -1.51. The fourth-order valence-electron chi connectivity index (χ4n) is 1.71. The minimum atomic E-state index is -0.263. The van der Waals surface area contributed by atoms with Gasteiger partial charge in [0.15, 0.2) is 0 Å². The molecular weight excluding hydrogens is 214 g/mol. The number of carbonyl (C=O) groups is 1. The van der Waals surface area contributed by atoms with E-state index in [1.807, 2.05) is 12.1 Å². The van der Waals surface area contributed by atoms with Gasteiger partial charge in [0.1, 0.15) is 0 Å². The highest BCUT2D eigenvalue weighted by molar-refractivity contribution is 5.89. The molecule has 0 heterocycles. The first-order valence-corrected chi connectivity index (χ1v) is 6.21. The first-order chi connectivity index (χ1) is 8.17. The van der Waals surface area contributed by atoms with Crippen molar-refractivity contribution in [2.45, 2.75) is 39.7 Å². The summed E-state index contributed by atoms with van der Waals surface area (Å²) in [5.41, 5.74) is 1.64. The average molecular weight is 235 g/mol. The van der Waals surface area contributed by atoms with Crippen molar-refractivity contribution in [3.05, 3.63) is 29.8 Å². The molecule has 17 heavy (non-hydrogen) atoms. The first-order valence-electron chi connectivity index (χ1n) is 6.21. The summed E-state index contributed by atoms with van der Waals surface area (Å²) in [6, 6.07) is 7.86. The molecule has 3 nitrogen and oxygen atoms in total. The first kappa shape index (κ1) is 13.6. The molecule has 1 rings (SSSR count). The molecule has 0 aromatic heterocycles. The molecule has 0 aliphatic heterocycles. The standard InChI is InChI=1S/C14H21NO2/c1-4-6-11(3)15-13-9-7-12(8-10-13)14(16)17-5-2/h7-11,15H,4-6H2,1-3H3. The molecule has 0 radical (unpaired) electrons. The van der Waals surface area contributed by atoms with E-state index in [-0.39, 0.29) is 5.97 Å². The number of anilines is 1. The van der Waals surface area contributed by atoms with Crippen molar-refractivity contribution in [2.75, 3.05) is 11.9 Å². The van der Waals surface area contributed by atoms with Gasteiger partial charge in [-0.05, 0) is 44.5 Å². The van der Waals surface area contributed by atoms with Gasteiger partial charge in [-0.1, -0.05) is 13.3 Å². The second-order valence-corrected chi connectivity index (χ2v) is 4.13. The summed E-state index contributed by atoms with van der Waals surface area (Å²) >= 11 is 0. The Bertz CT molecular complexity index is 346. The van der Waals surface area contributed by atoms with E-state index in [1.165, 1.54) is 0 Å². The van der Waals surface area contributed by atoms with Crippen LogP contribution in [0.15, 0.2) is 24.3 Å². The summed E-state index contributed by atoms with van der Waals surface area (Å²) < 4.78 is 4.93. The number of benzene rings is 1. The molecule has 1 aromatic carbocycles. The third-order valence-electron chi connectivity index (χ3n) is 2.53. The number of nitrogens with one attached hydrogen (secondary N) is 1. The maximum absolute atomic E-state index is 11.4. The monoisotopic (exact) mass is 235 g/mol. The molecule has 0 bridgehead atoms. The van der Waals surface area contributed by atoms with Crippen molar-refractivity contribution in [1.82, 2.24) is 0 Å². The summed E-state index contributed by atoms with van der Waals surface area (Å²) in [4.78, 5) is 11.4. The number of rotatable bonds is 6. The molecule has 0 saturated heterocycles. The molecule has 1 unspecified atom stereocenters. The Morgan fingerprint density at radius 2 is 1.94 bits per heavy atom. The van der Waals surface area contributed by atoms with Gasteiger partial charge in [0, 0.05) is 11.7 Å². The predicted molar refractivity (Wildman–Crippen MR) is 70.4 cm³/mol. The highest BCUT2D eigenvalue weighted by Crippen LogP contribution is 2.13. The summed E-state index contributed by atoms with van der Waals surface area (Å²) in [6.45, 7) is 6.54. The van der Waals surface area contributed by atoms with E-state index in [0.717, 1.165) is 18.5 Å². The van der Waals surface area contributed by atoms with E-state index in [4.69, 9.17) is 4.74 Å². The number of ether oxygens (including phenoxy) is 1. The van der Waals surface area contributed by atoms with Crippen molar-refractivity contribution in [3.63, 3.8) is 0 Å². The van der Waals surface area contributed by atoms with Crippen LogP contribution in [-0.2, 0) is 4.74 Å². The van der Waals surface area contributed by atoms with E-state index < -0.39 is 0 Å². The number of esters is 1. The minimum Gasteiger partial charge on any atom is -0.462 e. The zero-order valence-corrected chi connectivity index (χ0v) is 10.8. The summed E-state index contributed by atoms with van der Waals surface area (Å²) in [5.74, 6) is -0.263. The Morgan fingerprint density at radius 1 is 1.29 bits per heavy atom. The third kappa shape index (κ3) is 4.47. The molecule has 0 aliphatic carbocycles. The van der Waals surface area contributed by atoms with Crippen LogP contribution >= 0.6 is 0 Å². The fraction of sp³-hybridized carbons (Fsp3) is 0.500. The van der Waals surface area contributed by atoms with Gasteiger partial charge in [0.25, 0.3) is 0 Å². The molecule has 94 valence electrons. The molecule has 0 amide bonds. The predicted octanol–water partition coefficient (Wildman–Crippen LogP) is 3.46. The Labute approximate surface area is 103 Å². The van der Waals surface area contributed by atoms with Gasteiger partial charge >= 0.3 is 5.97 Å². The largest absolute Gasteiger partial charge is 0.462 e. The van der Waals surface area contributed by atoms with Gasteiger partial charge in [-0.2, -0.15) is 0 Å². The number of carbonyl (C=O) groups excluding carboxylic acids is 1. The van der Waals surface area contributed by atoms with E-state index in [9.17, 15) is 4.79 Å². The van der Waals surface area contributed by atoms with Crippen LogP contribution in [0.5, 0.6) is 0 Å². The van der Waals surface area contributed by atoms with Crippen molar-refractivity contribution in [3.8, 4) is 0 Å². The molecule has 0 saturated carbocycles. The summed E-state index contributed by atoms with van der Waals surface area (Å²) in [6.07, 6.45) is 2.30. The fourth-order valence-corrected chi connectivity index (χ4v) is 1.71. The smallest absolute Gasteiger partial charge is 0.338 e. The highest BCUT2D eigenvalue weighted by atomic mass is 16.5. The van der Waals surface area contributed by atoms with Gasteiger partial charge in [0.2, 0.25) is 0 Å². The minimum absolute atomic E-state index is 0.263. The number of hydrogen-bond acceptors (Lipinski definition) is 3. The van der Waals surface area contributed by atoms with E-state index in [1.54, 1.807) is 19.1 Å². The molecule has 0 fully saturated rings. The van der Waals surface area contributed by atoms with Crippen LogP contribution < -0.4 is 5.32 Å². The second-order valence-electron chi connectivity index (χ2n) is 4.13. The van der Waals surface area contributed by atoms with Crippen LogP contribution in [0.3, 0.4) is 0 Å². The molecule has 0 aliphatic rings. The second kappa shape index (κ2) is 6.94. The van der Waals surface area contributed by atoms with E-state index >= 15 is 0 Å². The summed E-state index contributed by atoms with van der Waals surface area (Å²) in [7, 11) is 0. The van der Waals surface area contributed by atoms with E-state index in [2.05, 4.69) is 19.2 Å². The lowest BCUT2D eigenvalue weighted by molar-refractivity contribution is 0.0526. The van der Waals surface area contributed by atoms with Crippen LogP contribution in [0.4, 0.5) is 5.69 Å². The van der Waals surface area contributed by atoms with Crippen molar-refractivity contribution >= 4 is 11.7 Å². The zero-order chi connectivity index (χ0) is 12.7. The lowest BCUT2D eigenvalue weighted by Gasteiger charge is -2.14. The van der Waals surface area contributed by atoms with Crippen LogP contribution in [0, 0.1) is 0 Å². The quantitative estimate of drug-likeness (QED) is 0.767. The molecule has 0 spiro atoms. The van der Waals surface area contributed by atoms with Crippen molar-refractivity contribution < 1.29 is 9.53 Å². The molecule has 1 aromatic rings. The molecule has 1 N–H and O–H groups in total. The summed E-state index contributed by atoms with van der Waals surface area (Å²) in [5, 5.41) is 3.39. The van der Waals surface area contributed by atoms with Gasteiger partial charge in [-0.15, -0.1) is 0 Å². The van der Waals surface area contributed by atoms with Crippen LogP contribution in [0.25, 0.3) is 0 Å². The SMILES string of the molecule is CCCC(C)Nc1ccc(C(=O)OCC)cc1. The Balaban J connectivity index is 2.58. The van der Waals surface area contributed by atoms with Gasteiger partial charge < -0.3 is 10.1 Å². The molecule has 1 atom stereocenters. The van der Waals surface area contributed by atoms with Gasteiger partial charge in [-0.25, -0.2) is 4.79 Å². The lowest BCUT2D eigenvalue weighted by Crippen LogP contribution is -2.14. The lowest BCUT2D eigenvalue weighted by atomic mass is 10.1. The van der Waals surface area contributed by atoms with Crippen LogP contribution in [-0.4, -0.2) is 18.6 Å². The topological polar surface area (TPSA) is 38.3 Å². The van der Waals surface area contributed by atoms with Crippen LogP contribution in [0.1, 0.15) is 44.0 Å². The Morgan fingerprint density at radius 3 is 2.47 bits per heavy atom. The Kier molecular flexibility index (Phi) is 5.53. The third-order valence-corrected chi connectivity index (χ3v) is 2.53. The van der Waals surface area contributed by atoms with Crippen molar-refractivity contribution in [1.29, 1.82) is 0 Å². The maximum atomic E-state index is 11.4. The molecular formula is C14H21NO2. The maximum Gasteiger partial charge on any atom is 0.338 e. The zero-order valence-electron chi connectivity index (χ0n) is 10.8. The number of hydrogen-bond donors (Lipinski definition) is 1. The average Bonchev–Trinajstić information content (AvgIpc) is 2.30. The van der Waals surface area contributed by atoms with Crippen LogP contribution in [0.2, 0.25) is 0 Å². The van der Waals surface area contributed by atoms with Gasteiger partial charge in [-0.3, -0.25) is 0 Å². The van der Waals surface area contributed by atoms with Gasteiger partial charge in [0.05, 0.1) is 12.2 Å². The normalized spacial score (nSPS) is 11.9.